The Balaban J connectivity index is 3.12. The van der Waals surface area contributed by atoms with E-state index in [1.54, 1.807) is 6.07 Å². The van der Waals surface area contributed by atoms with E-state index in [0.29, 0.717) is 5.56 Å². The van der Waals surface area contributed by atoms with Gasteiger partial charge in [-0.15, -0.1) is 0 Å². The zero-order chi connectivity index (χ0) is 13.1. The molecule has 1 aromatic rings. The highest BCUT2D eigenvalue weighted by molar-refractivity contribution is 6.05. The standard InChI is InChI=1S/C10H10F3N3O/c1-16(2)8(7-4-3-5-14-6-7)15-9(17)10(11,12)13/h3-6H,1-2H3. The minimum Gasteiger partial charge on any atom is -0.362 e. The van der Waals surface area contributed by atoms with Gasteiger partial charge in [-0.3, -0.25) is 9.78 Å². The van der Waals surface area contributed by atoms with Crippen LogP contribution in [0.3, 0.4) is 0 Å². The number of halogens is 3. The molecule has 1 amide bonds. The van der Waals surface area contributed by atoms with E-state index in [2.05, 4.69) is 9.98 Å². The van der Waals surface area contributed by atoms with Gasteiger partial charge in [0.1, 0.15) is 5.84 Å². The summed E-state index contributed by atoms with van der Waals surface area (Å²) in [6.07, 6.45) is -2.16. The van der Waals surface area contributed by atoms with Crippen molar-refractivity contribution in [1.29, 1.82) is 0 Å². The molecule has 92 valence electrons. The van der Waals surface area contributed by atoms with Crippen molar-refractivity contribution in [3.8, 4) is 0 Å². The number of hydrogen-bond acceptors (Lipinski definition) is 2. The maximum atomic E-state index is 12.1. The molecule has 7 heteroatoms. The molecule has 0 atom stereocenters. The number of hydrogen-bond donors (Lipinski definition) is 0. The summed E-state index contributed by atoms with van der Waals surface area (Å²) in [5.41, 5.74) is 0.343. The Kier molecular flexibility index (Phi) is 3.82. The number of carbonyl (C=O) groups excluding carboxylic acids is 1. The molecule has 0 aliphatic carbocycles. The second-order valence-corrected chi connectivity index (χ2v) is 3.37. The van der Waals surface area contributed by atoms with Gasteiger partial charge in [-0.2, -0.15) is 18.2 Å². The molecule has 0 fully saturated rings. The first-order valence-corrected chi connectivity index (χ1v) is 4.60. The Labute approximate surface area is 95.8 Å². The predicted molar refractivity (Wildman–Crippen MR) is 55.5 cm³/mol. The molecular weight excluding hydrogens is 235 g/mol. The lowest BCUT2D eigenvalue weighted by Crippen LogP contribution is -2.28. The first kappa shape index (κ1) is 13.1. The lowest BCUT2D eigenvalue weighted by Gasteiger charge is -2.15. The highest BCUT2D eigenvalue weighted by Crippen LogP contribution is 2.17. The van der Waals surface area contributed by atoms with Crippen LogP contribution in [-0.4, -0.2) is 41.9 Å². The number of carbonyl (C=O) groups is 1. The van der Waals surface area contributed by atoms with Crippen LogP contribution in [-0.2, 0) is 4.79 Å². The number of rotatable bonds is 1. The number of amidine groups is 1. The van der Waals surface area contributed by atoms with E-state index >= 15 is 0 Å². The van der Waals surface area contributed by atoms with Gasteiger partial charge in [0.2, 0.25) is 0 Å². The van der Waals surface area contributed by atoms with Crippen LogP contribution in [0.25, 0.3) is 0 Å². The molecule has 1 rings (SSSR count). The average molecular weight is 245 g/mol. The molecule has 0 saturated carbocycles. The Morgan fingerprint density at radius 1 is 1.41 bits per heavy atom. The van der Waals surface area contributed by atoms with Gasteiger partial charge >= 0.3 is 12.1 Å². The zero-order valence-corrected chi connectivity index (χ0v) is 9.19. The summed E-state index contributed by atoms with van der Waals surface area (Å²) in [5.74, 6) is -2.22. The minimum absolute atomic E-state index is 0.0829. The normalized spacial score (nSPS) is 12.4. The van der Waals surface area contributed by atoms with Gasteiger partial charge in [0.15, 0.2) is 0 Å². The quantitative estimate of drug-likeness (QED) is 0.556. The Bertz CT molecular complexity index is 426. The predicted octanol–water partition coefficient (Wildman–Crippen LogP) is 1.48. The van der Waals surface area contributed by atoms with Crippen LogP contribution >= 0.6 is 0 Å². The maximum absolute atomic E-state index is 12.1. The topological polar surface area (TPSA) is 45.6 Å². The van der Waals surface area contributed by atoms with E-state index in [0.717, 1.165) is 0 Å². The zero-order valence-electron chi connectivity index (χ0n) is 9.19. The highest BCUT2D eigenvalue weighted by Gasteiger charge is 2.39. The number of aliphatic imine (C=N–C) groups is 1. The number of amides is 1. The SMILES string of the molecule is CN(C)C(=NC(=O)C(F)(F)F)c1cccnc1. The summed E-state index contributed by atoms with van der Waals surface area (Å²) in [5, 5.41) is 0. The lowest BCUT2D eigenvalue weighted by molar-refractivity contribution is -0.169. The third-order valence-corrected chi connectivity index (χ3v) is 1.79. The van der Waals surface area contributed by atoms with Gasteiger partial charge in [0.25, 0.3) is 0 Å². The fourth-order valence-corrected chi connectivity index (χ4v) is 1.08. The fourth-order valence-electron chi connectivity index (χ4n) is 1.08. The summed E-state index contributed by atoms with van der Waals surface area (Å²) >= 11 is 0. The minimum atomic E-state index is -4.97. The van der Waals surface area contributed by atoms with Crippen molar-refractivity contribution in [2.45, 2.75) is 6.18 Å². The molecule has 0 aliphatic rings. The third kappa shape index (κ3) is 3.54. The molecule has 0 saturated heterocycles. The van der Waals surface area contributed by atoms with Crippen LogP contribution in [0.4, 0.5) is 13.2 Å². The number of aromatic nitrogens is 1. The van der Waals surface area contributed by atoms with Crippen LogP contribution in [0, 0.1) is 0 Å². The van der Waals surface area contributed by atoms with Gasteiger partial charge in [0.05, 0.1) is 0 Å². The third-order valence-electron chi connectivity index (χ3n) is 1.79. The molecule has 1 aromatic heterocycles. The van der Waals surface area contributed by atoms with E-state index in [9.17, 15) is 18.0 Å². The van der Waals surface area contributed by atoms with Crippen molar-refractivity contribution in [2.75, 3.05) is 14.1 Å². The van der Waals surface area contributed by atoms with Crippen molar-refractivity contribution < 1.29 is 18.0 Å². The van der Waals surface area contributed by atoms with Gasteiger partial charge in [-0.05, 0) is 12.1 Å². The molecule has 17 heavy (non-hydrogen) atoms. The van der Waals surface area contributed by atoms with E-state index in [4.69, 9.17) is 0 Å². The highest BCUT2D eigenvalue weighted by atomic mass is 19.4. The van der Waals surface area contributed by atoms with Crippen molar-refractivity contribution >= 4 is 11.7 Å². The van der Waals surface area contributed by atoms with E-state index < -0.39 is 12.1 Å². The van der Waals surface area contributed by atoms with Crippen LogP contribution in [0.1, 0.15) is 5.56 Å². The van der Waals surface area contributed by atoms with Gasteiger partial charge in [-0.25, -0.2) is 0 Å². The van der Waals surface area contributed by atoms with E-state index in [-0.39, 0.29) is 5.84 Å². The second kappa shape index (κ2) is 4.94. The fraction of sp³-hybridized carbons (Fsp3) is 0.300. The van der Waals surface area contributed by atoms with E-state index in [1.165, 1.54) is 37.5 Å². The largest absolute Gasteiger partial charge is 0.473 e. The summed E-state index contributed by atoms with van der Waals surface area (Å²) in [6, 6.07) is 3.07. The monoisotopic (exact) mass is 245 g/mol. The van der Waals surface area contributed by atoms with E-state index in [1.807, 2.05) is 0 Å². The molecule has 4 nitrogen and oxygen atoms in total. The van der Waals surface area contributed by atoms with Crippen molar-refractivity contribution in [3.05, 3.63) is 30.1 Å². The van der Waals surface area contributed by atoms with Crippen LogP contribution in [0.15, 0.2) is 29.5 Å². The molecule has 0 aliphatic heterocycles. The molecule has 0 N–H and O–H groups in total. The van der Waals surface area contributed by atoms with Gasteiger partial charge in [-0.1, -0.05) is 0 Å². The number of pyridine rings is 1. The molecule has 0 unspecified atom stereocenters. The smallest absolute Gasteiger partial charge is 0.362 e. The summed E-state index contributed by atoms with van der Waals surface area (Å²) < 4.78 is 36.3. The Morgan fingerprint density at radius 2 is 2.06 bits per heavy atom. The summed E-state index contributed by atoms with van der Waals surface area (Å²) in [7, 11) is 2.99. The lowest BCUT2D eigenvalue weighted by atomic mass is 10.2. The molecular formula is C10H10F3N3O. The van der Waals surface area contributed by atoms with Crippen molar-refractivity contribution in [2.24, 2.45) is 4.99 Å². The summed E-state index contributed by atoms with van der Waals surface area (Å²) in [4.78, 5) is 18.9. The molecule has 0 aromatic carbocycles. The molecule has 1 heterocycles. The van der Waals surface area contributed by atoms with Crippen molar-refractivity contribution in [3.63, 3.8) is 0 Å². The summed E-state index contributed by atoms with van der Waals surface area (Å²) in [6.45, 7) is 0. The first-order chi connectivity index (χ1) is 7.82. The van der Waals surface area contributed by atoms with Crippen molar-refractivity contribution in [1.82, 2.24) is 9.88 Å². The van der Waals surface area contributed by atoms with Crippen LogP contribution < -0.4 is 0 Å². The molecule has 0 bridgehead atoms. The maximum Gasteiger partial charge on any atom is 0.473 e. The Hall–Kier alpha value is -1.92. The van der Waals surface area contributed by atoms with Crippen LogP contribution in [0.5, 0.6) is 0 Å². The average Bonchev–Trinajstić information content (AvgIpc) is 2.25. The molecule has 0 radical (unpaired) electrons. The van der Waals surface area contributed by atoms with Gasteiger partial charge in [0, 0.05) is 32.1 Å². The number of alkyl halides is 3. The second-order valence-electron chi connectivity index (χ2n) is 3.37. The van der Waals surface area contributed by atoms with Crippen LogP contribution in [0.2, 0.25) is 0 Å². The van der Waals surface area contributed by atoms with Gasteiger partial charge < -0.3 is 4.90 Å². The molecule has 0 spiro atoms. The first-order valence-electron chi connectivity index (χ1n) is 4.60. The number of nitrogens with zero attached hydrogens (tertiary/aromatic N) is 3. The Morgan fingerprint density at radius 3 is 2.47 bits per heavy atom.